The molecule has 0 radical (unpaired) electrons. The molecule has 1 heterocycles. The molecule has 2 N–H and O–H groups in total. The molecular formula is C14H18N2O. The molecule has 0 aromatic carbocycles. The van der Waals surface area contributed by atoms with Gasteiger partial charge in [0.15, 0.2) is 5.76 Å². The highest BCUT2D eigenvalue weighted by atomic mass is 16.7. The normalized spacial score (nSPS) is 17.1. The van der Waals surface area contributed by atoms with Crippen molar-refractivity contribution in [3.63, 3.8) is 0 Å². The lowest BCUT2D eigenvalue weighted by molar-refractivity contribution is -0.0493. The van der Waals surface area contributed by atoms with Gasteiger partial charge in [0.2, 0.25) is 0 Å². The fourth-order valence-corrected chi connectivity index (χ4v) is 1.37. The predicted octanol–water partition coefficient (Wildman–Crippen LogP) is 2.77. The molecule has 2 rings (SSSR count). The van der Waals surface area contributed by atoms with Crippen LogP contribution in [0.1, 0.15) is 20.3 Å². The number of nitrogens with zero attached hydrogens (tertiary/aromatic N) is 1. The van der Waals surface area contributed by atoms with E-state index in [-0.39, 0.29) is 0 Å². The Morgan fingerprint density at radius 2 is 2.12 bits per heavy atom. The smallest absolute Gasteiger partial charge is 0.182 e. The third kappa shape index (κ3) is 3.46. The van der Waals surface area contributed by atoms with Crippen molar-refractivity contribution in [1.29, 1.82) is 0 Å². The van der Waals surface area contributed by atoms with E-state index in [4.69, 9.17) is 10.6 Å². The zero-order chi connectivity index (χ0) is 12.7. The SMILES string of the molecule is CC.CN1C=C=CCC2=C(O1)C(N)=CC=C=C2. The summed E-state index contributed by atoms with van der Waals surface area (Å²) in [6, 6.07) is 0. The van der Waals surface area contributed by atoms with E-state index >= 15 is 0 Å². The molecule has 2 aliphatic rings. The maximum absolute atomic E-state index is 5.88. The fraction of sp³-hybridized carbons (Fsp3) is 0.286. The summed E-state index contributed by atoms with van der Waals surface area (Å²) in [6.45, 7) is 4.00. The van der Waals surface area contributed by atoms with E-state index in [0.717, 1.165) is 12.0 Å². The Bertz CT molecular complexity index is 457. The van der Waals surface area contributed by atoms with Crippen molar-refractivity contribution in [1.82, 2.24) is 5.06 Å². The van der Waals surface area contributed by atoms with Gasteiger partial charge in [-0.1, -0.05) is 13.8 Å². The molecule has 3 heteroatoms. The molecule has 0 spiro atoms. The molecule has 1 aliphatic heterocycles. The fourth-order valence-electron chi connectivity index (χ4n) is 1.37. The van der Waals surface area contributed by atoms with Crippen molar-refractivity contribution in [3.05, 3.63) is 59.0 Å². The summed E-state index contributed by atoms with van der Waals surface area (Å²) in [5, 5.41) is 1.57. The van der Waals surface area contributed by atoms with Crippen LogP contribution in [0.3, 0.4) is 0 Å². The van der Waals surface area contributed by atoms with Crippen molar-refractivity contribution < 1.29 is 4.84 Å². The van der Waals surface area contributed by atoms with Gasteiger partial charge in [0.1, 0.15) is 0 Å². The van der Waals surface area contributed by atoms with Crippen LogP contribution in [-0.4, -0.2) is 12.1 Å². The molecule has 90 valence electrons. The van der Waals surface area contributed by atoms with Crippen LogP contribution < -0.4 is 5.73 Å². The Labute approximate surface area is 103 Å². The van der Waals surface area contributed by atoms with E-state index in [1.807, 2.05) is 26.0 Å². The highest BCUT2D eigenvalue weighted by Gasteiger charge is 2.12. The summed E-state index contributed by atoms with van der Waals surface area (Å²) in [5.41, 5.74) is 13.5. The van der Waals surface area contributed by atoms with Crippen LogP contribution in [0.5, 0.6) is 0 Å². The molecule has 17 heavy (non-hydrogen) atoms. The van der Waals surface area contributed by atoms with E-state index in [0.29, 0.717) is 11.5 Å². The standard InChI is InChI=1S/C12H12N2O.C2H6/c1-14-9-5-4-7-10-6-2-3-8-11(13)12(10)15-14;1-2/h3-4,6,8-9H,7,13H2,1H3;1-2H3. The minimum absolute atomic E-state index is 0.613. The van der Waals surface area contributed by atoms with Crippen LogP contribution in [-0.2, 0) is 4.84 Å². The Hall–Kier alpha value is -2.08. The van der Waals surface area contributed by atoms with Gasteiger partial charge in [0, 0.05) is 19.0 Å². The van der Waals surface area contributed by atoms with E-state index in [1.54, 1.807) is 30.5 Å². The molecule has 0 aromatic heterocycles. The third-order valence-corrected chi connectivity index (χ3v) is 2.10. The lowest BCUT2D eigenvalue weighted by atomic mass is 10.1. The van der Waals surface area contributed by atoms with Gasteiger partial charge < -0.3 is 10.6 Å². The summed E-state index contributed by atoms with van der Waals surface area (Å²) in [6.07, 6.45) is 9.84. The average Bonchev–Trinajstić information content (AvgIpc) is 2.49. The van der Waals surface area contributed by atoms with Gasteiger partial charge in [0.25, 0.3) is 0 Å². The lowest BCUT2D eigenvalue weighted by Crippen LogP contribution is -2.17. The molecule has 0 atom stereocenters. The quantitative estimate of drug-likeness (QED) is 0.650. The van der Waals surface area contributed by atoms with Gasteiger partial charge >= 0.3 is 0 Å². The van der Waals surface area contributed by atoms with Crippen LogP contribution in [0.2, 0.25) is 0 Å². The maximum atomic E-state index is 5.88. The van der Waals surface area contributed by atoms with Crippen LogP contribution in [0, 0.1) is 0 Å². The van der Waals surface area contributed by atoms with E-state index in [2.05, 4.69) is 11.5 Å². The number of hydrogen-bond acceptors (Lipinski definition) is 3. The van der Waals surface area contributed by atoms with Crippen LogP contribution >= 0.6 is 0 Å². The first-order chi connectivity index (χ1) is 8.27. The van der Waals surface area contributed by atoms with Crippen molar-refractivity contribution >= 4 is 0 Å². The average molecular weight is 230 g/mol. The minimum Gasteiger partial charge on any atom is -0.396 e. The van der Waals surface area contributed by atoms with Gasteiger partial charge in [-0.3, -0.25) is 0 Å². The summed E-state index contributed by atoms with van der Waals surface area (Å²) in [7, 11) is 1.80. The van der Waals surface area contributed by atoms with Crippen LogP contribution in [0.15, 0.2) is 59.0 Å². The van der Waals surface area contributed by atoms with E-state index in [1.165, 1.54) is 0 Å². The third-order valence-electron chi connectivity index (χ3n) is 2.10. The molecule has 0 unspecified atom stereocenters. The predicted molar refractivity (Wildman–Crippen MR) is 69.4 cm³/mol. The number of allylic oxidation sites excluding steroid dienone is 4. The topological polar surface area (TPSA) is 38.5 Å². The zero-order valence-corrected chi connectivity index (χ0v) is 10.5. The van der Waals surface area contributed by atoms with Crippen LogP contribution in [0.4, 0.5) is 0 Å². The largest absolute Gasteiger partial charge is 0.396 e. The second kappa shape index (κ2) is 6.49. The van der Waals surface area contributed by atoms with Crippen molar-refractivity contribution in [2.45, 2.75) is 20.3 Å². The summed E-state index contributed by atoms with van der Waals surface area (Å²) >= 11 is 0. The molecule has 0 bridgehead atoms. The van der Waals surface area contributed by atoms with E-state index < -0.39 is 0 Å². The molecule has 0 fully saturated rings. The van der Waals surface area contributed by atoms with Crippen molar-refractivity contribution in [2.24, 2.45) is 5.73 Å². The Morgan fingerprint density at radius 3 is 2.88 bits per heavy atom. The van der Waals surface area contributed by atoms with Gasteiger partial charge in [-0.15, -0.1) is 11.5 Å². The van der Waals surface area contributed by atoms with Gasteiger partial charge in [-0.2, -0.15) is 0 Å². The molecule has 0 aromatic rings. The van der Waals surface area contributed by atoms with Crippen molar-refractivity contribution in [3.8, 4) is 0 Å². The van der Waals surface area contributed by atoms with Crippen LogP contribution in [0.25, 0.3) is 0 Å². The number of hydrogen-bond donors (Lipinski definition) is 1. The molecular weight excluding hydrogens is 212 g/mol. The zero-order valence-electron chi connectivity index (χ0n) is 10.5. The minimum atomic E-state index is 0.613. The monoisotopic (exact) mass is 230 g/mol. The van der Waals surface area contributed by atoms with Gasteiger partial charge in [0.05, 0.1) is 11.9 Å². The Morgan fingerprint density at radius 1 is 1.35 bits per heavy atom. The molecule has 3 nitrogen and oxygen atoms in total. The number of rotatable bonds is 0. The molecule has 0 saturated carbocycles. The van der Waals surface area contributed by atoms with Gasteiger partial charge in [-0.05, 0) is 24.3 Å². The summed E-state index contributed by atoms with van der Waals surface area (Å²) < 4.78 is 0. The summed E-state index contributed by atoms with van der Waals surface area (Å²) in [5.74, 6) is 0.688. The molecule has 0 saturated heterocycles. The Balaban J connectivity index is 0.000000686. The number of hydroxylamine groups is 2. The first-order valence-corrected chi connectivity index (χ1v) is 5.71. The first-order valence-electron chi connectivity index (χ1n) is 5.71. The van der Waals surface area contributed by atoms with Crippen molar-refractivity contribution in [2.75, 3.05) is 7.05 Å². The second-order valence-electron chi connectivity index (χ2n) is 3.30. The molecule has 1 aliphatic carbocycles. The highest BCUT2D eigenvalue weighted by molar-refractivity contribution is 5.40. The Kier molecular flexibility index (Phi) is 4.96. The first kappa shape index (κ1) is 13.0. The second-order valence-corrected chi connectivity index (χ2v) is 3.30. The van der Waals surface area contributed by atoms with Gasteiger partial charge in [-0.25, -0.2) is 5.06 Å². The number of nitrogens with two attached hydrogens (primary N) is 1. The molecule has 0 amide bonds. The lowest BCUT2D eigenvalue weighted by Gasteiger charge is -2.19. The van der Waals surface area contributed by atoms with E-state index in [9.17, 15) is 0 Å². The summed E-state index contributed by atoms with van der Waals surface area (Å²) in [4.78, 5) is 5.58. The maximum Gasteiger partial charge on any atom is 0.182 e. The highest BCUT2D eigenvalue weighted by Crippen LogP contribution is 2.21.